The molecule has 1 aliphatic carbocycles. The first-order valence-corrected chi connectivity index (χ1v) is 6.24. The lowest BCUT2D eigenvalue weighted by atomic mass is 10.1. The highest BCUT2D eigenvalue weighted by Crippen LogP contribution is 2.29. The fourth-order valence-corrected chi connectivity index (χ4v) is 1.91. The van der Waals surface area contributed by atoms with E-state index in [9.17, 15) is 5.11 Å². The molecule has 0 bridgehead atoms. The number of hydrogen-bond acceptors (Lipinski definition) is 3. The summed E-state index contributed by atoms with van der Waals surface area (Å²) in [6.07, 6.45) is 2.57. The quantitative estimate of drug-likeness (QED) is 0.647. The molecule has 1 saturated carbocycles. The van der Waals surface area contributed by atoms with Crippen molar-refractivity contribution in [1.82, 2.24) is 0 Å². The molecule has 0 saturated heterocycles. The van der Waals surface area contributed by atoms with E-state index in [0.29, 0.717) is 6.79 Å². The van der Waals surface area contributed by atoms with Crippen molar-refractivity contribution in [2.75, 3.05) is 13.4 Å². The Morgan fingerprint density at radius 1 is 1.06 bits per heavy atom. The Kier molecular flexibility index (Phi) is 3.07. The van der Waals surface area contributed by atoms with Crippen LogP contribution in [0.15, 0.2) is 36.4 Å². The molecule has 94 valence electrons. The third kappa shape index (κ3) is 2.74. The van der Waals surface area contributed by atoms with Gasteiger partial charge >= 0.3 is 0 Å². The van der Waals surface area contributed by atoms with Crippen molar-refractivity contribution in [3.63, 3.8) is 0 Å². The van der Waals surface area contributed by atoms with Crippen LogP contribution in [0.25, 0.3) is 10.8 Å². The molecular weight excluding hydrogens is 228 g/mol. The molecule has 18 heavy (non-hydrogen) atoms. The Bertz CT molecular complexity index is 546. The van der Waals surface area contributed by atoms with Gasteiger partial charge in [-0.05, 0) is 53.8 Å². The summed E-state index contributed by atoms with van der Waals surface area (Å²) in [5.74, 6) is 1.79. The van der Waals surface area contributed by atoms with Gasteiger partial charge in [-0.15, -0.1) is 0 Å². The lowest BCUT2D eigenvalue weighted by molar-refractivity contribution is 0.0101. The molecule has 1 N–H and O–H groups in total. The minimum Gasteiger partial charge on any atom is -0.508 e. The molecule has 1 fully saturated rings. The summed E-state index contributed by atoms with van der Waals surface area (Å²) in [5, 5.41) is 11.5. The van der Waals surface area contributed by atoms with Gasteiger partial charge in [0.2, 0.25) is 0 Å². The number of phenolic OH excluding ortho intramolecular Hbond substituents is 1. The van der Waals surface area contributed by atoms with Gasteiger partial charge in [-0.1, -0.05) is 12.1 Å². The number of aromatic hydroxyl groups is 1. The van der Waals surface area contributed by atoms with Crippen molar-refractivity contribution >= 4 is 10.8 Å². The average Bonchev–Trinajstić information content (AvgIpc) is 3.18. The molecule has 0 spiro atoms. The molecule has 0 atom stereocenters. The van der Waals surface area contributed by atoms with Crippen LogP contribution in [0.2, 0.25) is 0 Å². The van der Waals surface area contributed by atoms with Crippen LogP contribution in [-0.4, -0.2) is 18.5 Å². The van der Waals surface area contributed by atoms with E-state index in [4.69, 9.17) is 9.47 Å². The molecule has 0 radical (unpaired) electrons. The maximum absolute atomic E-state index is 9.44. The van der Waals surface area contributed by atoms with Gasteiger partial charge in [0.15, 0.2) is 6.79 Å². The Hall–Kier alpha value is -1.74. The first-order chi connectivity index (χ1) is 8.81. The number of ether oxygens (including phenoxy) is 2. The van der Waals surface area contributed by atoms with Crippen molar-refractivity contribution < 1.29 is 14.6 Å². The number of benzene rings is 2. The van der Waals surface area contributed by atoms with Gasteiger partial charge < -0.3 is 14.6 Å². The third-order valence-corrected chi connectivity index (χ3v) is 3.15. The van der Waals surface area contributed by atoms with Crippen LogP contribution < -0.4 is 4.74 Å². The summed E-state index contributed by atoms with van der Waals surface area (Å²) in [6, 6.07) is 11.1. The summed E-state index contributed by atoms with van der Waals surface area (Å²) in [4.78, 5) is 0. The van der Waals surface area contributed by atoms with Gasteiger partial charge in [-0.2, -0.15) is 0 Å². The topological polar surface area (TPSA) is 38.7 Å². The van der Waals surface area contributed by atoms with E-state index in [1.807, 2.05) is 24.3 Å². The Balaban J connectivity index is 1.63. The summed E-state index contributed by atoms with van der Waals surface area (Å²) < 4.78 is 11.0. The highest BCUT2D eigenvalue weighted by Gasteiger charge is 2.21. The molecule has 3 heteroatoms. The lowest BCUT2D eigenvalue weighted by Crippen LogP contribution is -2.04. The van der Waals surface area contributed by atoms with E-state index in [1.54, 1.807) is 12.1 Å². The second-order valence-corrected chi connectivity index (χ2v) is 4.77. The van der Waals surface area contributed by atoms with Gasteiger partial charge in [-0.3, -0.25) is 0 Å². The standard InChI is InChI=1S/C15H16O3/c16-14-5-3-12-4-6-15(8-13(12)7-14)18-10-17-9-11-1-2-11/h3-8,11,16H,1-2,9-10H2. The van der Waals surface area contributed by atoms with Crippen LogP contribution in [0.5, 0.6) is 11.5 Å². The van der Waals surface area contributed by atoms with Gasteiger partial charge in [0, 0.05) is 0 Å². The molecule has 2 aromatic rings. The van der Waals surface area contributed by atoms with Crippen molar-refractivity contribution in [3.8, 4) is 11.5 Å². The van der Waals surface area contributed by atoms with Gasteiger partial charge in [0.1, 0.15) is 11.5 Å². The van der Waals surface area contributed by atoms with Gasteiger partial charge in [-0.25, -0.2) is 0 Å². The fourth-order valence-electron chi connectivity index (χ4n) is 1.91. The Labute approximate surface area is 106 Å². The van der Waals surface area contributed by atoms with E-state index in [-0.39, 0.29) is 5.75 Å². The summed E-state index contributed by atoms with van der Waals surface area (Å²) in [6.45, 7) is 1.09. The molecule has 3 nitrogen and oxygen atoms in total. The molecule has 2 aromatic carbocycles. The van der Waals surface area contributed by atoms with Crippen LogP contribution in [0, 0.1) is 5.92 Å². The maximum atomic E-state index is 9.44. The number of hydrogen-bond donors (Lipinski definition) is 1. The first-order valence-electron chi connectivity index (χ1n) is 6.24. The van der Waals surface area contributed by atoms with Crippen LogP contribution in [0.3, 0.4) is 0 Å². The largest absolute Gasteiger partial charge is 0.508 e. The zero-order chi connectivity index (χ0) is 12.4. The summed E-state index contributed by atoms with van der Waals surface area (Å²) in [5.41, 5.74) is 0. The van der Waals surface area contributed by atoms with E-state index < -0.39 is 0 Å². The van der Waals surface area contributed by atoms with Gasteiger partial charge in [0.25, 0.3) is 0 Å². The minimum atomic E-state index is 0.268. The predicted octanol–water partition coefficient (Wildman–Crippen LogP) is 3.31. The second kappa shape index (κ2) is 4.86. The molecule has 3 rings (SSSR count). The normalized spacial score (nSPS) is 14.9. The van der Waals surface area contributed by atoms with E-state index in [0.717, 1.165) is 29.0 Å². The van der Waals surface area contributed by atoms with Crippen molar-refractivity contribution in [2.45, 2.75) is 12.8 Å². The van der Waals surface area contributed by atoms with E-state index in [1.165, 1.54) is 12.8 Å². The molecule has 1 aliphatic rings. The van der Waals surface area contributed by atoms with Gasteiger partial charge in [0.05, 0.1) is 6.61 Å². The average molecular weight is 244 g/mol. The number of phenols is 1. The number of rotatable bonds is 5. The van der Waals surface area contributed by atoms with E-state index in [2.05, 4.69) is 0 Å². The summed E-state index contributed by atoms with van der Waals surface area (Å²) in [7, 11) is 0. The molecule has 0 amide bonds. The molecule has 0 aromatic heterocycles. The Morgan fingerprint density at radius 3 is 2.72 bits per heavy atom. The van der Waals surface area contributed by atoms with Crippen molar-refractivity contribution in [1.29, 1.82) is 0 Å². The molecule has 0 heterocycles. The number of fused-ring (bicyclic) bond motifs is 1. The first kappa shape index (κ1) is 11.4. The van der Waals surface area contributed by atoms with Crippen molar-refractivity contribution in [2.24, 2.45) is 5.92 Å². The van der Waals surface area contributed by atoms with Crippen molar-refractivity contribution in [3.05, 3.63) is 36.4 Å². The monoisotopic (exact) mass is 244 g/mol. The maximum Gasteiger partial charge on any atom is 0.189 e. The predicted molar refractivity (Wildman–Crippen MR) is 69.8 cm³/mol. The second-order valence-electron chi connectivity index (χ2n) is 4.77. The molecule has 0 aliphatic heterocycles. The highest BCUT2D eigenvalue weighted by atomic mass is 16.7. The molecular formula is C15H16O3. The van der Waals surface area contributed by atoms with Crippen LogP contribution in [-0.2, 0) is 4.74 Å². The highest BCUT2D eigenvalue weighted by molar-refractivity contribution is 5.85. The minimum absolute atomic E-state index is 0.268. The molecule has 0 unspecified atom stereocenters. The van der Waals surface area contributed by atoms with Crippen LogP contribution in [0.4, 0.5) is 0 Å². The SMILES string of the molecule is Oc1ccc2ccc(OCOCC3CC3)cc2c1. The smallest absolute Gasteiger partial charge is 0.189 e. The third-order valence-electron chi connectivity index (χ3n) is 3.15. The fraction of sp³-hybridized carbons (Fsp3) is 0.333. The summed E-state index contributed by atoms with van der Waals surface area (Å²) >= 11 is 0. The van der Waals surface area contributed by atoms with Crippen LogP contribution in [0.1, 0.15) is 12.8 Å². The lowest BCUT2D eigenvalue weighted by Gasteiger charge is -2.08. The zero-order valence-corrected chi connectivity index (χ0v) is 10.1. The van der Waals surface area contributed by atoms with E-state index >= 15 is 0 Å². The van der Waals surface area contributed by atoms with Crippen LogP contribution >= 0.6 is 0 Å². The zero-order valence-electron chi connectivity index (χ0n) is 10.1. The Morgan fingerprint density at radius 2 is 1.89 bits per heavy atom.